The number of hydrogen-bond donors (Lipinski definition) is 2. The van der Waals surface area contributed by atoms with Crippen LogP contribution in [0.2, 0.25) is 0 Å². The van der Waals surface area contributed by atoms with E-state index in [1.807, 2.05) is 0 Å². The number of alkyl halides is 2. The second kappa shape index (κ2) is 4.83. The summed E-state index contributed by atoms with van der Waals surface area (Å²) in [6, 6.07) is 0.490. The number of hydrogen-bond acceptors (Lipinski definition) is 2. The largest absolute Gasteiger partial charge is 0.315 e. The van der Waals surface area contributed by atoms with Crippen LogP contribution in [0, 0.1) is 5.92 Å². The van der Waals surface area contributed by atoms with E-state index in [2.05, 4.69) is 24.5 Å². The standard InChI is InChI=1S/C9H18Cl2N2/c1-3-12-5-7(2)13-6-8-4-9(8,10)11/h7-8,12-13H,3-6H2,1-2H3. The van der Waals surface area contributed by atoms with Crippen LogP contribution < -0.4 is 10.6 Å². The Morgan fingerprint density at radius 3 is 2.62 bits per heavy atom. The van der Waals surface area contributed by atoms with Gasteiger partial charge in [0.1, 0.15) is 4.33 Å². The fourth-order valence-electron chi connectivity index (χ4n) is 1.27. The molecule has 2 nitrogen and oxygen atoms in total. The first-order chi connectivity index (χ1) is 6.06. The van der Waals surface area contributed by atoms with E-state index in [1.165, 1.54) is 0 Å². The van der Waals surface area contributed by atoms with Crippen molar-refractivity contribution in [3.05, 3.63) is 0 Å². The van der Waals surface area contributed by atoms with Crippen molar-refractivity contribution in [2.75, 3.05) is 19.6 Å². The predicted molar refractivity (Wildman–Crippen MR) is 58.6 cm³/mol. The Kier molecular flexibility index (Phi) is 4.30. The lowest BCUT2D eigenvalue weighted by molar-refractivity contribution is 0.495. The lowest BCUT2D eigenvalue weighted by Gasteiger charge is -2.13. The normalized spacial score (nSPS) is 27.2. The molecule has 1 saturated carbocycles. The van der Waals surface area contributed by atoms with Gasteiger partial charge in [-0.05, 0) is 19.9 Å². The van der Waals surface area contributed by atoms with Crippen molar-refractivity contribution in [2.45, 2.75) is 30.6 Å². The van der Waals surface area contributed by atoms with Gasteiger partial charge in [-0.25, -0.2) is 0 Å². The SMILES string of the molecule is CCNCC(C)NCC1CC1(Cl)Cl. The van der Waals surface area contributed by atoms with E-state index < -0.39 is 4.33 Å². The summed E-state index contributed by atoms with van der Waals surface area (Å²) in [4.78, 5) is 0. The first kappa shape index (κ1) is 11.6. The van der Waals surface area contributed by atoms with Gasteiger partial charge in [0, 0.05) is 25.0 Å². The summed E-state index contributed by atoms with van der Waals surface area (Å²) in [5.41, 5.74) is 0. The molecule has 0 bridgehead atoms. The Hall–Kier alpha value is 0.500. The molecule has 1 aliphatic rings. The lowest BCUT2D eigenvalue weighted by Crippen LogP contribution is -2.37. The summed E-state index contributed by atoms with van der Waals surface area (Å²) >= 11 is 11.8. The zero-order valence-corrected chi connectivity index (χ0v) is 9.75. The van der Waals surface area contributed by atoms with Crippen molar-refractivity contribution in [1.29, 1.82) is 0 Å². The molecule has 1 aliphatic carbocycles. The van der Waals surface area contributed by atoms with Gasteiger partial charge in [-0.1, -0.05) is 6.92 Å². The van der Waals surface area contributed by atoms with Gasteiger partial charge in [-0.15, -0.1) is 23.2 Å². The second-order valence-electron chi connectivity index (χ2n) is 3.78. The van der Waals surface area contributed by atoms with Crippen molar-refractivity contribution in [3.63, 3.8) is 0 Å². The number of likely N-dealkylation sites (N-methyl/N-ethyl adjacent to an activating group) is 1. The van der Waals surface area contributed by atoms with E-state index in [9.17, 15) is 0 Å². The monoisotopic (exact) mass is 224 g/mol. The van der Waals surface area contributed by atoms with Crippen LogP contribution >= 0.6 is 23.2 Å². The van der Waals surface area contributed by atoms with Crippen molar-refractivity contribution in [1.82, 2.24) is 10.6 Å². The van der Waals surface area contributed by atoms with E-state index >= 15 is 0 Å². The second-order valence-corrected chi connectivity index (χ2v) is 5.32. The van der Waals surface area contributed by atoms with Crippen LogP contribution in [-0.2, 0) is 0 Å². The van der Waals surface area contributed by atoms with Gasteiger partial charge in [-0.2, -0.15) is 0 Å². The highest BCUT2D eigenvalue weighted by Crippen LogP contribution is 2.52. The number of nitrogens with one attached hydrogen (secondary N) is 2. The zero-order chi connectivity index (χ0) is 9.90. The van der Waals surface area contributed by atoms with Crippen molar-refractivity contribution >= 4 is 23.2 Å². The first-order valence-corrected chi connectivity index (χ1v) is 5.63. The van der Waals surface area contributed by atoms with E-state index in [-0.39, 0.29) is 0 Å². The van der Waals surface area contributed by atoms with Crippen LogP contribution in [0.3, 0.4) is 0 Å². The molecule has 2 N–H and O–H groups in total. The average molecular weight is 225 g/mol. The fraction of sp³-hybridized carbons (Fsp3) is 1.00. The van der Waals surface area contributed by atoms with Crippen LogP contribution in [0.4, 0.5) is 0 Å². The highest BCUT2D eigenvalue weighted by Gasteiger charge is 2.51. The Morgan fingerprint density at radius 2 is 2.15 bits per heavy atom. The molecule has 0 aliphatic heterocycles. The van der Waals surface area contributed by atoms with Crippen molar-refractivity contribution < 1.29 is 0 Å². The molecule has 1 fully saturated rings. The maximum Gasteiger partial charge on any atom is 0.122 e. The van der Waals surface area contributed by atoms with E-state index in [1.54, 1.807) is 0 Å². The Morgan fingerprint density at radius 1 is 1.54 bits per heavy atom. The first-order valence-electron chi connectivity index (χ1n) is 4.88. The van der Waals surface area contributed by atoms with Crippen LogP contribution in [0.15, 0.2) is 0 Å². The third kappa shape index (κ3) is 4.03. The van der Waals surface area contributed by atoms with Gasteiger partial charge in [0.25, 0.3) is 0 Å². The average Bonchev–Trinajstić information content (AvgIpc) is 2.67. The molecule has 0 aromatic carbocycles. The summed E-state index contributed by atoms with van der Waals surface area (Å²) in [7, 11) is 0. The summed E-state index contributed by atoms with van der Waals surface area (Å²) < 4.78 is -0.440. The van der Waals surface area contributed by atoms with Crippen LogP contribution in [0.25, 0.3) is 0 Å². The molecule has 1 rings (SSSR count). The van der Waals surface area contributed by atoms with Crippen molar-refractivity contribution in [3.8, 4) is 0 Å². The predicted octanol–water partition coefficient (Wildman–Crippen LogP) is 1.77. The van der Waals surface area contributed by atoms with E-state index in [0.29, 0.717) is 12.0 Å². The highest BCUT2D eigenvalue weighted by atomic mass is 35.5. The molecule has 78 valence electrons. The number of halogens is 2. The summed E-state index contributed by atoms with van der Waals surface area (Å²) in [5.74, 6) is 0.444. The molecule has 0 spiro atoms. The molecule has 2 atom stereocenters. The molecule has 0 saturated heterocycles. The van der Waals surface area contributed by atoms with Gasteiger partial charge < -0.3 is 10.6 Å². The van der Waals surface area contributed by atoms with Gasteiger partial charge >= 0.3 is 0 Å². The van der Waals surface area contributed by atoms with Crippen LogP contribution in [-0.4, -0.2) is 30.0 Å². The molecule has 0 aromatic rings. The Balaban J connectivity index is 2.00. The Labute approximate surface area is 90.4 Å². The Bertz CT molecular complexity index is 162. The minimum absolute atomic E-state index is 0.440. The molecular formula is C9H18Cl2N2. The smallest absolute Gasteiger partial charge is 0.122 e. The summed E-state index contributed by atoms with van der Waals surface area (Å²) in [6.07, 6.45) is 0.928. The molecule has 0 aromatic heterocycles. The third-order valence-corrected chi connectivity index (χ3v) is 3.29. The van der Waals surface area contributed by atoms with Gasteiger partial charge in [0.05, 0.1) is 0 Å². The maximum absolute atomic E-state index is 5.90. The number of rotatable bonds is 6. The fourth-order valence-corrected chi connectivity index (χ4v) is 1.79. The molecule has 0 amide bonds. The lowest BCUT2D eigenvalue weighted by atomic mass is 10.3. The van der Waals surface area contributed by atoms with E-state index in [0.717, 1.165) is 26.1 Å². The van der Waals surface area contributed by atoms with Gasteiger partial charge in [0.2, 0.25) is 0 Å². The molecule has 0 heterocycles. The van der Waals surface area contributed by atoms with Crippen LogP contribution in [0.1, 0.15) is 20.3 Å². The highest BCUT2D eigenvalue weighted by molar-refractivity contribution is 6.50. The molecule has 4 heteroatoms. The molecular weight excluding hydrogens is 207 g/mol. The quantitative estimate of drug-likeness (QED) is 0.673. The minimum Gasteiger partial charge on any atom is -0.315 e. The molecule has 13 heavy (non-hydrogen) atoms. The van der Waals surface area contributed by atoms with Gasteiger partial charge in [-0.3, -0.25) is 0 Å². The van der Waals surface area contributed by atoms with Crippen molar-refractivity contribution in [2.24, 2.45) is 5.92 Å². The topological polar surface area (TPSA) is 24.1 Å². The summed E-state index contributed by atoms with van der Waals surface area (Å²) in [6.45, 7) is 7.22. The van der Waals surface area contributed by atoms with Crippen LogP contribution in [0.5, 0.6) is 0 Å². The maximum atomic E-state index is 5.90. The van der Waals surface area contributed by atoms with Gasteiger partial charge in [0.15, 0.2) is 0 Å². The third-order valence-electron chi connectivity index (χ3n) is 2.37. The molecule has 0 radical (unpaired) electrons. The zero-order valence-electron chi connectivity index (χ0n) is 8.24. The summed E-state index contributed by atoms with van der Waals surface area (Å²) in [5, 5.41) is 6.69. The van der Waals surface area contributed by atoms with E-state index in [4.69, 9.17) is 23.2 Å². The minimum atomic E-state index is -0.440. The molecule has 2 unspecified atom stereocenters.